The third-order valence-electron chi connectivity index (χ3n) is 4.34. The van der Waals surface area contributed by atoms with Gasteiger partial charge in [0.05, 0.1) is 5.41 Å². The van der Waals surface area contributed by atoms with Gasteiger partial charge in [0.15, 0.2) is 0 Å². The Morgan fingerprint density at radius 3 is 2.65 bits per heavy atom. The molecular weight excluding hydrogens is 318 g/mol. The van der Waals surface area contributed by atoms with Crippen molar-refractivity contribution in [2.24, 2.45) is 0 Å². The second kappa shape index (κ2) is 7.79. The number of hydrogen-bond acceptors (Lipinski definition) is 3. The molecule has 1 saturated heterocycles. The molecule has 1 fully saturated rings. The molecule has 6 heteroatoms. The van der Waals surface area contributed by atoms with Crippen molar-refractivity contribution in [3.63, 3.8) is 0 Å². The Hall–Kier alpha value is -1.59. The lowest BCUT2D eigenvalue weighted by Gasteiger charge is -2.37. The quantitative estimate of drug-likeness (QED) is 0.835. The first-order chi connectivity index (χ1) is 11.0. The lowest BCUT2D eigenvalue weighted by atomic mass is 9.73. The maximum Gasteiger partial charge on any atom is 0.326 e. The Bertz CT molecular complexity index is 569. The van der Waals surface area contributed by atoms with Gasteiger partial charge < -0.3 is 15.2 Å². The van der Waals surface area contributed by atoms with Crippen LogP contribution in [0.1, 0.15) is 38.2 Å². The second-order valence-corrected chi connectivity index (χ2v) is 6.29. The first kappa shape index (κ1) is 17.8. The zero-order valence-electron chi connectivity index (χ0n) is 13.2. The molecule has 0 radical (unpaired) electrons. The third kappa shape index (κ3) is 4.03. The van der Waals surface area contributed by atoms with Crippen molar-refractivity contribution in [1.29, 1.82) is 0 Å². The summed E-state index contributed by atoms with van der Waals surface area (Å²) in [7, 11) is 0. The van der Waals surface area contributed by atoms with E-state index in [9.17, 15) is 14.7 Å². The molecule has 1 heterocycles. The largest absolute Gasteiger partial charge is 0.480 e. The fourth-order valence-corrected chi connectivity index (χ4v) is 3.19. The van der Waals surface area contributed by atoms with E-state index < -0.39 is 17.4 Å². The zero-order valence-corrected chi connectivity index (χ0v) is 13.9. The summed E-state index contributed by atoms with van der Waals surface area (Å²) in [5.74, 6) is -1.27. The number of amides is 1. The Balaban J connectivity index is 2.30. The van der Waals surface area contributed by atoms with Crippen LogP contribution in [-0.4, -0.2) is 36.2 Å². The molecule has 0 bridgehead atoms. The number of rotatable bonds is 6. The Kier molecular flexibility index (Phi) is 6.02. The number of carboxylic acids is 1. The van der Waals surface area contributed by atoms with Crippen molar-refractivity contribution in [1.82, 2.24) is 5.32 Å². The normalized spacial score (nSPS) is 18.2. The number of carbonyl (C=O) groups is 2. The maximum absolute atomic E-state index is 12.9. The van der Waals surface area contributed by atoms with E-state index in [0.29, 0.717) is 43.9 Å². The van der Waals surface area contributed by atoms with Crippen LogP contribution < -0.4 is 5.32 Å². The number of carbonyl (C=O) groups excluding carboxylic acids is 1. The highest BCUT2D eigenvalue weighted by atomic mass is 35.5. The van der Waals surface area contributed by atoms with Gasteiger partial charge in [-0.25, -0.2) is 4.79 Å². The predicted molar refractivity (Wildman–Crippen MR) is 87.7 cm³/mol. The fourth-order valence-electron chi connectivity index (χ4n) is 3.00. The summed E-state index contributed by atoms with van der Waals surface area (Å²) < 4.78 is 5.40. The molecular formula is C17H22ClNO4. The average Bonchev–Trinajstić information content (AvgIpc) is 2.54. The number of carboxylic acid groups (broad SMARTS) is 1. The number of benzene rings is 1. The number of aliphatic carboxylic acids is 1. The summed E-state index contributed by atoms with van der Waals surface area (Å²) in [6.45, 7) is 2.82. The van der Waals surface area contributed by atoms with Crippen LogP contribution in [0.25, 0.3) is 0 Å². The van der Waals surface area contributed by atoms with Gasteiger partial charge in [-0.15, -0.1) is 0 Å². The monoisotopic (exact) mass is 339 g/mol. The highest BCUT2D eigenvalue weighted by Gasteiger charge is 2.43. The Morgan fingerprint density at radius 1 is 1.39 bits per heavy atom. The van der Waals surface area contributed by atoms with Crippen molar-refractivity contribution in [2.45, 2.75) is 44.1 Å². The van der Waals surface area contributed by atoms with Gasteiger partial charge in [-0.3, -0.25) is 4.79 Å². The van der Waals surface area contributed by atoms with Gasteiger partial charge in [0.25, 0.3) is 0 Å². The average molecular weight is 340 g/mol. The topological polar surface area (TPSA) is 75.6 Å². The molecule has 1 aliphatic rings. The van der Waals surface area contributed by atoms with Gasteiger partial charge >= 0.3 is 5.97 Å². The van der Waals surface area contributed by atoms with Crippen molar-refractivity contribution < 1.29 is 19.4 Å². The van der Waals surface area contributed by atoms with E-state index in [0.717, 1.165) is 5.56 Å². The second-order valence-electron chi connectivity index (χ2n) is 5.86. The van der Waals surface area contributed by atoms with Gasteiger partial charge in [0.1, 0.15) is 6.04 Å². The first-order valence-electron chi connectivity index (χ1n) is 7.87. The van der Waals surface area contributed by atoms with Crippen LogP contribution in [0, 0.1) is 0 Å². The number of ether oxygens (including phenoxy) is 1. The van der Waals surface area contributed by atoms with Gasteiger partial charge in [0.2, 0.25) is 5.91 Å². The standard InChI is InChI=1S/C17H22ClNO4/c1-2-4-14(15(20)21)19-16(22)17(7-9-23-10-8-17)12-5-3-6-13(18)11-12/h3,5-6,11,14H,2,4,7-10H2,1H3,(H,19,22)(H,20,21). The number of halogens is 1. The summed E-state index contributed by atoms with van der Waals surface area (Å²) >= 11 is 6.08. The smallest absolute Gasteiger partial charge is 0.326 e. The molecule has 0 aliphatic carbocycles. The van der Waals surface area contributed by atoms with E-state index in [-0.39, 0.29) is 5.91 Å². The van der Waals surface area contributed by atoms with Crippen molar-refractivity contribution in [3.8, 4) is 0 Å². The van der Waals surface area contributed by atoms with Crippen LogP contribution in [-0.2, 0) is 19.7 Å². The summed E-state index contributed by atoms with van der Waals surface area (Å²) in [5, 5.41) is 12.6. The Morgan fingerprint density at radius 2 is 2.09 bits per heavy atom. The molecule has 1 aromatic carbocycles. The van der Waals surface area contributed by atoms with Crippen molar-refractivity contribution in [2.75, 3.05) is 13.2 Å². The van der Waals surface area contributed by atoms with E-state index in [1.54, 1.807) is 12.1 Å². The minimum absolute atomic E-state index is 0.260. The molecule has 23 heavy (non-hydrogen) atoms. The Labute approximate surface area is 141 Å². The highest BCUT2D eigenvalue weighted by molar-refractivity contribution is 6.30. The van der Waals surface area contributed by atoms with E-state index in [2.05, 4.69) is 5.32 Å². The highest BCUT2D eigenvalue weighted by Crippen LogP contribution is 2.36. The first-order valence-corrected chi connectivity index (χ1v) is 8.25. The number of nitrogens with one attached hydrogen (secondary N) is 1. The predicted octanol–water partition coefficient (Wildman–Crippen LogP) is 2.76. The van der Waals surface area contributed by atoms with E-state index in [1.807, 2.05) is 19.1 Å². The van der Waals surface area contributed by atoms with E-state index in [4.69, 9.17) is 16.3 Å². The molecule has 2 N–H and O–H groups in total. The van der Waals surface area contributed by atoms with Crippen LogP contribution in [0.4, 0.5) is 0 Å². The van der Waals surface area contributed by atoms with Crippen molar-refractivity contribution >= 4 is 23.5 Å². The zero-order chi connectivity index (χ0) is 16.9. The summed E-state index contributed by atoms with van der Waals surface area (Å²) in [5.41, 5.74) is 0.0244. The molecule has 0 spiro atoms. The molecule has 1 aromatic rings. The lowest BCUT2D eigenvalue weighted by molar-refractivity contribution is -0.144. The molecule has 0 aromatic heterocycles. The van der Waals surface area contributed by atoms with Crippen LogP contribution in [0.3, 0.4) is 0 Å². The third-order valence-corrected chi connectivity index (χ3v) is 4.57. The van der Waals surface area contributed by atoms with Gasteiger partial charge in [-0.2, -0.15) is 0 Å². The van der Waals surface area contributed by atoms with Gasteiger partial charge in [0, 0.05) is 18.2 Å². The minimum Gasteiger partial charge on any atom is -0.480 e. The molecule has 2 rings (SSSR count). The van der Waals surface area contributed by atoms with Crippen LogP contribution in [0.2, 0.25) is 5.02 Å². The molecule has 1 unspecified atom stereocenters. The van der Waals surface area contributed by atoms with Crippen LogP contribution in [0.5, 0.6) is 0 Å². The van der Waals surface area contributed by atoms with Gasteiger partial charge in [-0.05, 0) is 37.0 Å². The molecule has 1 amide bonds. The SMILES string of the molecule is CCCC(NC(=O)C1(c2cccc(Cl)c2)CCOCC1)C(=O)O. The molecule has 0 saturated carbocycles. The van der Waals surface area contributed by atoms with Crippen LogP contribution >= 0.6 is 11.6 Å². The molecule has 126 valence electrons. The van der Waals surface area contributed by atoms with Crippen molar-refractivity contribution in [3.05, 3.63) is 34.9 Å². The lowest BCUT2D eigenvalue weighted by Crippen LogP contribution is -2.52. The molecule has 1 atom stereocenters. The van der Waals surface area contributed by atoms with E-state index in [1.165, 1.54) is 0 Å². The fraction of sp³-hybridized carbons (Fsp3) is 0.529. The summed E-state index contributed by atoms with van der Waals surface area (Å²) in [6.07, 6.45) is 2.11. The van der Waals surface area contributed by atoms with E-state index >= 15 is 0 Å². The van der Waals surface area contributed by atoms with Crippen LogP contribution in [0.15, 0.2) is 24.3 Å². The summed E-state index contributed by atoms with van der Waals surface area (Å²) in [6, 6.07) is 6.34. The molecule has 5 nitrogen and oxygen atoms in total. The number of hydrogen-bond donors (Lipinski definition) is 2. The maximum atomic E-state index is 12.9. The van der Waals surface area contributed by atoms with Gasteiger partial charge in [-0.1, -0.05) is 37.1 Å². The summed E-state index contributed by atoms with van der Waals surface area (Å²) in [4.78, 5) is 24.3. The molecule has 1 aliphatic heterocycles. The minimum atomic E-state index is -1.01.